The van der Waals surface area contributed by atoms with Crippen LogP contribution in [-0.4, -0.2) is 44.2 Å². The minimum atomic E-state index is -0.767. The second kappa shape index (κ2) is 5.32. The third kappa shape index (κ3) is 2.87. The van der Waals surface area contributed by atoms with Crippen molar-refractivity contribution in [1.82, 2.24) is 14.5 Å². The first kappa shape index (κ1) is 13.4. The van der Waals surface area contributed by atoms with Gasteiger partial charge in [-0.1, -0.05) is 17.8 Å². The summed E-state index contributed by atoms with van der Waals surface area (Å²) >= 11 is 1.16. The van der Waals surface area contributed by atoms with Gasteiger partial charge in [0.1, 0.15) is 4.88 Å². The third-order valence-corrected chi connectivity index (χ3v) is 3.96. The largest absolute Gasteiger partial charge is 0.388 e. The molecular weight excluding hydrogens is 250 g/mol. The van der Waals surface area contributed by atoms with Gasteiger partial charge in [-0.2, -0.15) is 0 Å². The molecule has 0 bridgehead atoms. The zero-order valence-electron chi connectivity index (χ0n) is 10.8. The van der Waals surface area contributed by atoms with Crippen LogP contribution in [0, 0.1) is 0 Å². The number of carbonyl (C=O) groups is 1. The van der Waals surface area contributed by atoms with Crippen molar-refractivity contribution in [2.75, 3.05) is 13.1 Å². The summed E-state index contributed by atoms with van der Waals surface area (Å²) in [6, 6.07) is 0. The highest BCUT2D eigenvalue weighted by Gasteiger charge is 2.32. The lowest BCUT2D eigenvalue weighted by molar-refractivity contribution is -0.0106. The normalized spacial score (nSPS) is 24.3. The zero-order valence-corrected chi connectivity index (χ0v) is 11.7. The van der Waals surface area contributed by atoms with Crippen LogP contribution in [0.15, 0.2) is 0 Å². The minimum absolute atomic E-state index is 0.0339. The molecule has 1 atom stereocenters. The van der Waals surface area contributed by atoms with Gasteiger partial charge in [0.2, 0.25) is 0 Å². The Kier molecular flexibility index (Phi) is 3.97. The summed E-state index contributed by atoms with van der Waals surface area (Å²) in [5, 5.41) is 14.1. The van der Waals surface area contributed by atoms with Crippen molar-refractivity contribution in [3.8, 4) is 0 Å². The number of amides is 1. The number of piperidine rings is 1. The maximum absolute atomic E-state index is 12.4. The van der Waals surface area contributed by atoms with Crippen molar-refractivity contribution in [3.05, 3.63) is 10.6 Å². The number of aliphatic hydroxyl groups is 1. The molecule has 0 aromatic carbocycles. The van der Waals surface area contributed by atoms with Crippen molar-refractivity contribution < 1.29 is 9.90 Å². The molecule has 1 amide bonds. The monoisotopic (exact) mass is 269 g/mol. The molecule has 100 valence electrons. The highest BCUT2D eigenvalue weighted by molar-refractivity contribution is 7.08. The van der Waals surface area contributed by atoms with E-state index in [0.29, 0.717) is 18.0 Å². The molecule has 1 aromatic rings. The Morgan fingerprint density at radius 1 is 1.61 bits per heavy atom. The second-order valence-electron chi connectivity index (χ2n) is 5.13. The maximum atomic E-state index is 12.4. The molecule has 18 heavy (non-hydrogen) atoms. The number of aromatic nitrogens is 2. The lowest BCUT2D eigenvalue weighted by Crippen LogP contribution is -2.48. The van der Waals surface area contributed by atoms with Crippen LogP contribution in [0.2, 0.25) is 0 Å². The number of rotatable bonds is 3. The Balaban J connectivity index is 2.13. The smallest absolute Gasteiger partial charge is 0.267 e. The van der Waals surface area contributed by atoms with Gasteiger partial charge >= 0.3 is 0 Å². The van der Waals surface area contributed by atoms with Gasteiger partial charge in [0.05, 0.1) is 11.3 Å². The molecule has 1 aromatic heterocycles. The van der Waals surface area contributed by atoms with Crippen LogP contribution in [-0.2, 0) is 6.42 Å². The second-order valence-corrected chi connectivity index (χ2v) is 5.88. The van der Waals surface area contributed by atoms with E-state index in [1.165, 1.54) is 0 Å². The number of nitrogens with zero attached hydrogens (tertiary/aromatic N) is 3. The standard InChI is InChI=1S/C12H19N3O2S/c1-3-5-9-10(18-14-13-9)11(16)15-7-4-6-12(2,17)8-15/h17H,3-8H2,1-2H3. The van der Waals surface area contributed by atoms with Crippen LogP contribution in [0.25, 0.3) is 0 Å². The molecule has 1 fully saturated rings. The Hall–Kier alpha value is -1.01. The van der Waals surface area contributed by atoms with Crippen molar-refractivity contribution in [1.29, 1.82) is 0 Å². The van der Waals surface area contributed by atoms with Crippen molar-refractivity contribution >= 4 is 17.4 Å². The van der Waals surface area contributed by atoms with Gasteiger partial charge in [-0.25, -0.2) is 0 Å². The molecular formula is C12H19N3O2S. The first-order chi connectivity index (χ1) is 8.53. The van der Waals surface area contributed by atoms with Crippen LogP contribution in [0.5, 0.6) is 0 Å². The predicted molar refractivity (Wildman–Crippen MR) is 69.7 cm³/mol. The highest BCUT2D eigenvalue weighted by atomic mass is 32.1. The van der Waals surface area contributed by atoms with Gasteiger partial charge in [-0.3, -0.25) is 4.79 Å². The van der Waals surface area contributed by atoms with E-state index in [2.05, 4.69) is 16.5 Å². The molecule has 1 unspecified atom stereocenters. The summed E-state index contributed by atoms with van der Waals surface area (Å²) in [4.78, 5) is 14.7. The molecule has 1 saturated heterocycles. The van der Waals surface area contributed by atoms with Gasteiger partial charge in [0.25, 0.3) is 5.91 Å². The lowest BCUT2D eigenvalue weighted by Gasteiger charge is -2.36. The number of β-amino-alcohol motifs (C(OH)–C–C–N with tert-alkyl or cyclic N) is 1. The molecule has 1 aliphatic rings. The summed E-state index contributed by atoms with van der Waals surface area (Å²) in [6.45, 7) is 4.94. The van der Waals surface area contributed by atoms with Crippen LogP contribution in [0.1, 0.15) is 48.5 Å². The molecule has 1 aliphatic heterocycles. The molecule has 0 saturated carbocycles. The molecule has 5 nitrogen and oxygen atoms in total. The first-order valence-electron chi connectivity index (χ1n) is 6.36. The fourth-order valence-corrected chi connectivity index (χ4v) is 2.98. The van der Waals surface area contributed by atoms with E-state index in [-0.39, 0.29) is 5.91 Å². The summed E-state index contributed by atoms with van der Waals surface area (Å²) in [5.41, 5.74) is 0.0226. The first-order valence-corrected chi connectivity index (χ1v) is 7.14. The summed E-state index contributed by atoms with van der Waals surface area (Å²) < 4.78 is 3.87. The molecule has 6 heteroatoms. The molecule has 1 N–H and O–H groups in total. The number of aryl methyl sites for hydroxylation is 1. The van der Waals surface area contributed by atoms with Crippen molar-refractivity contribution in [3.63, 3.8) is 0 Å². The number of likely N-dealkylation sites (tertiary alicyclic amines) is 1. The lowest BCUT2D eigenvalue weighted by atomic mass is 9.95. The van der Waals surface area contributed by atoms with E-state index in [1.54, 1.807) is 11.8 Å². The van der Waals surface area contributed by atoms with Crippen LogP contribution in [0.4, 0.5) is 0 Å². The number of hydrogen-bond donors (Lipinski definition) is 1. The van der Waals surface area contributed by atoms with Gasteiger partial charge in [0, 0.05) is 13.1 Å². The van der Waals surface area contributed by atoms with Crippen LogP contribution >= 0.6 is 11.5 Å². The topological polar surface area (TPSA) is 66.3 Å². The number of carbonyl (C=O) groups excluding carboxylic acids is 1. The van der Waals surface area contributed by atoms with Crippen molar-refractivity contribution in [2.45, 2.75) is 45.1 Å². The Morgan fingerprint density at radius 3 is 3.06 bits per heavy atom. The Labute approximate surface area is 111 Å². The molecule has 0 aliphatic carbocycles. The van der Waals surface area contributed by atoms with Gasteiger partial charge < -0.3 is 10.0 Å². The molecule has 0 radical (unpaired) electrons. The fraction of sp³-hybridized carbons (Fsp3) is 0.750. The fourth-order valence-electron chi connectivity index (χ4n) is 2.31. The van der Waals surface area contributed by atoms with Gasteiger partial charge in [0.15, 0.2) is 0 Å². The quantitative estimate of drug-likeness (QED) is 0.902. The molecule has 2 rings (SSSR count). The average Bonchev–Trinajstić information content (AvgIpc) is 2.75. The Morgan fingerprint density at radius 2 is 2.39 bits per heavy atom. The summed E-state index contributed by atoms with van der Waals surface area (Å²) in [5.74, 6) is -0.0339. The zero-order chi connectivity index (χ0) is 13.2. The highest BCUT2D eigenvalue weighted by Crippen LogP contribution is 2.23. The van der Waals surface area contributed by atoms with Gasteiger partial charge in [-0.05, 0) is 37.7 Å². The summed E-state index contributed by atoms with van der Waals surface area (Å²) in [6.07, 6.45) is 3.32. The average molecular weight is 269 g/mol. The van der Waals surface area contributed by atoms with E-state index in [4.69, 9.17) is 0 Å². The van der Waals surface area contributed by atoms with E-state index in [9.17, 15) is 9.90 Å². The van der Waals surface area contributed by atoms with Crippen LogP contribution < -0.4 is 0 Å². The molecule has 2 heterocycles. The SMILES string of the molecule is CCCc1nnsc1C(=O)N1CCCC(C)(O)C1. The Bertz CT molecular complexity index is 431. The van der Waals surface area contributed by atoms with E-state index < -0.39 is 5.60 Å². The van der Waals surface area contributed by atoms with E-state index in [1.807, 2.05) is 0 Å². The van der Waals surface area contributed by atoms with E-state index in [0.717, 1.165) is 42.9 Å². The third-order valence-electron chi connectivity index (χ3n) is 3.20. The van der Waals surface area contributed by atoms with Gasteiger partial charge in [-0.15, -0.1) is 5.10 Å². The van der Waals surface area contributed by atoms with E-state index >= 15 is 0 Å². The van der Waals surface area contributed by atoms with Crippen LogP contribution in [0.3, 0.4) is 0 Å². The summed E-state index contributed by atoms with van der Waals surface area (Å²) in [7, 11) is 0. The molecule has 0 spiro atoms. The van der Waals surface area contributed by atoms with Crippen molar-refractivity contribution in [2.24, 2.45) is 0 Å². The minimum Gasteiger partial charge on any atom is -0.388 e. The number of hydrogen-bond acceptors (Lipinski definition) is 5. The predicted octanol–water partition coefficient (Wildman–Crippen LogP) is 1.48. The maximum Gasteiger partial charge on any atom is 0.267 e.